The van der Waals surface area contributed by atoms with E-state index in [0.29, 0.717) is 6.54 Å². The fourth-order valence-corrected chi connectivity index (χ4v) is 2.25. The number of ether oxygens (including phenoxy) is 1. The molecule has 19 heavy (non-hydrogen) atoms. The van der Waals surface area contributed by atoms with Gasteiger partial charge >= 0.3 is 0 Å². The third-order valence-electron chi connectivity index (χ3n) is 3.08. The predicted molar refractivity (Wildman–Crippen MR) is 77.0 cm³/mol. The lowest BCUT2D eigenvalue weighted by atomic mass is 10.1. The first-order chi connectivity index (χ1) is 9.02. The van der Waals surface area contributed by atoms with E-state index < -0.39 is 0 Å². The lowest BCUT2D eigenvalue weighted by molar-refractivity contribution is 0.242. The van der Waals surface area contributed by atoms with Gasteiger partial charge in [-0.05, 0) is 50.6 Å². The van der Waals surface area contributed by atoms with Crippen molar-refractivity contribution >= 4 is 0 Å². The summed E-state index contributed by atoms with van der Waals surface area (Å²) in [6.07, 6.45) is 0.188. The molecule has 0 radical (unpaired) electrons. The number of hydrogen-bond donors (Lipinski definition) is 1. The second-order valence-corrected chi connectivity index (χ2v) is 4.94. The van der Waals surface area contributed by atoms with Gasteiger partial charge in [-0.25, -0.2) is 0 Å². The van der Waals surface area contributed by atoms with Crippen LogP contribution < -0.4 is 10.5 Å². The maximum absolute atomic E-state index is 5.69. The first-order valence-electron chi connectivity index (χ1n) is 6.52. The van der Waals surface area contributed by atoms with Crippen LogP contribution in [0.25, 0.3) is 11.3 Å². The zero-order chi connectivity index (χ0) is 14.0. The average Bonchev–Trinajstić information content (AvgIpc) is 2.65. The number of hydrogen-bond acceptors (Lipinski definition) is 3. The summed E-state index contributed by atoms with van der Waals surface area (Å²) in [6, 6.07) is 8.10. The second kappa shape index (κ2) is 5.45. The zero-order valence-corrected chi connectivity index (χ0v) is 12.0. The van der Waals surface area contributed by atoms with E-state index >= 15 is 0 Å². The van der Waals surface area contributed by atoms with Crippen LogP contribution in [0.5, 0.6) is 5.75 Å². The molecule has 1 aromatic carbocycles. The van der Waals surface area contributed by atoms with Gasteiger partial charge in [-0.3, -0.25) is 4.68 Å². The van der Waals surface area contributed by atoms with Gasteiger partial charge in [0.05, 0.1) is 17.5 Å². The standard InChI is InChI=1S/C15H21N3O/c1-10(2)19-13-7-5-12(6-8-13)15-11(3)14(9-16)17-18(15)4/h5-8,10H,9,16H2,1-4H3. The molecule has 0 saturated heterocycles. The normalized spacial score (nSPS) is 11.1. The summed E-state index contributed by atoms with van der Waals surface area (Å²) in [7, 11) is 1.94. The molecule has 1 aromatic heterocycles. The summed E-state index contributed by atoms with van der Waals surface area (Å²) in [4.78, 5) is 0. The number of nitrogens with two attached hydrogens (primary N) is 1. The molecule has 4 heteroatoms. The van der Waals surface area contributed by atoms with Crippen LogP contribution in [0.15, 0.2) is 24.3 Å². The molecule has 0 saturated carbocycles. The van der Waals surface area contributed by atoms with Gasteiger partial charge in [0, 0.05) is 19.2 Å². The van der Waals surface area contributed by atoms with Crippen LogP contribution in [-0.2, 0) is 13.6 Å². The molecule has 0 spiro atoms. The highest BCUT2D eigenvalue weighted by Gasteiger charge is 2.12. The Morgan fingerprint density at radius 3 is 2.37 bits per heavy atom. The van der Waals surface area contributed by atoms with Gasteiger partial charge < -0.3 is 10.5 Å². The topological polar surface area (TPSA) is 53.1 Å². The first-order valence-corrected chi connectivity index (χ1v) is 6.52. The summed E-state index contributed by atoms with van der Waals surface area (Å²) in [5, 5.41) is 4.44. The van der Waals surface area contributed by atoms with Crippen LogP contribution >= 0.6 is 0 Å². The van der Waals surface area contributed by atoms with Crippen LogP contribution in [0, 0.1) is 6.92 Å². The monoisotopic (exact) mass is 259 g/mol. The molecule has 0 unspecified atom stereocenters. The van der Waals surface area contributed by atoms with E-state index in [9.17, 15) is 0 Å². The van der Waals surface area contributed by atoms with Crippen molar-refractivity contribution in [3.63, 3.8) is 0 Å². The first kappa shape index (κ1) is 13.6. The molecule has 0 aliphatic carbocycles. The number of aryl methyl sites for hydroxylation is 1. The van der Waals surface area contributed by atoms with E-state index in [1.54, 1.807) is 0 Å². The Morgan fingerprint density at radius 2 is 1.89 bits per heavy atom. The lowest BCUT2D eigenvalue weighted by Crippen LogP contribution is -2.05. The maximum Gasteiger partial charge on any atom is 0.119 e. The van der Waals surface area contributed by atoms with Crippen LogP contribution in [0.3, 0.4) is 0 Å². The fourth-order valence-electron chi connectivity index (χ4n) is 2.25. The zero-order valence-electron chi connectivity index (χ0n) is 12.0. The van der Waals surface area contributed by atoms with E-state index in [1.807, 2.05) is 37.7 Å². The van der Waals surface area contributed by atoms with Gasteiger partial charge in [-0.1, -0.05) is 0 Å². The van der Waals surface area contributed by atoms with Crippen LogP contribution in [-0.4, -0.2) is 15.9 Å². The van der Waals surface area contributed by atoms with Crippen LogP contribution in [0.2, 0.25) is 0 Å². The van der Waals surface area contributed by atoms with Crippen LogP contribution in [0.1, 0.15) is 25.1 Å². The van der Waals surface area contributed by atoms with Crippen molar-refractivity contribution in [3.8, 4) is 17.0 Å². The Bertz CT molecular complexity index is 556. The largest absolute Gasteiger partial charge is 0.491 e. The summed E-state index contributed by atoms with van der Waals surface area (Å²) >= 11 is 0. The average molecular weight is 259 g/mol. The molecule has 0 fully saturated rings. The molecule has 0 aliphatic rings. The van der Waals surface area contributed by atoms with E-state index in [-0.39, 0.29) is 6.10 Å². The Morgan fingerprint density at radius 1 is 1.26 bits per heavy atom. The molecular weight excluding hydrogens is 238 g/mol. The minimum atomic E-state index is 0.188. The number of aromatic nitrogens is 2. The number of rotatable bonds is 4. The van der Waals surface area contributed by atoms with E-state index in [2.05, 4.69) is 24.2 Å². The number of nitrogens with zero attached hydrogens (tertiary/aromatic N) is 2. The van der Waals surface area contributed by atoms with Gasteiger partial charge in [0.15, 0.2) is 0 Å². The highest BCUT2D eigenvalue weighted by Crippen LogP contribution is 2.27. The minimum absolute atomic E-state index is 0.188. The van der Waals surface area contributed by atoms with Gasteiger partial charge in [0.2, 0.25) is 0 Å². The molecule has 1 heterocycles. The molecule has 2 aromatic rings. The van der Waals surface area contributed by atoms with Crippen molar-refractivity contribution < 1.29 is 4.74 Å². The highest BCUT2D eigenvalue weighted by atomic mass is 16.5. The molecule has 2 rings (SSSR count). The maximum atomic E-state index is 5.69. The Labute approximate surface area is 114 Å². The minimum Gasteiger partial charge on any atom is -0.491 e. The summed E-state index contributed by atoms with van der Waals surface area (Å²) < 4.78 is 7.53. The Kier molecular flexibility index (Phi) is 3.90. The molecule has 4 nitrogen and oxygen atoms in total. The predicted octanol–water partition coefficient (Wildman–Crippen LogP) is 2.64. The van der Waals surface area contributed by atoms with Crippen LogP contribution in [0.4, 0.5) is 0 Å². The van der Waals surface area contributed by atoms with Gasteiger partial charge in [-0.15, -0.1) is 0 Å². The molecule has 0 amide bonds. The Hall–Kier alpha value is -1.81. The smallest absolute Gasteiger partial charge is 0.119 e. The molecular formula is C15H21N3O. The molecule has 2 N–H and O–H groups in total. The Balaban J connectivity index is 2.34. The van der Waals surface area contributed by atoms with Crippen molar-refractivity contribution in [1.82, 2.24) is 9.78 Å². The fraction of sp³-hybridized carbons (Fsp3) is 0.400. The third-order valence-corrected chi connectivity index (χ3v) is 3.08. The van der Waals surface area contributed by atoms with Crippen molar-refractivity contribution in [2.75, 3.05) is 0 Å². The third kappa shape index (κ3) is 2.79. The van der Waals surface area contributed by atoms with E-state index in [4.69, 9.17) is 10.5 Å². The highest BCUT2D eigenvalue weighted by molar-refractivity contribution is 5.65. The summed E-state index contributed by atoms with van der Waals surface area (Å²) in [5.41, 5.74) is 10.0. The summed E-state index contributed by atoms with van der Waals surface area (Å²) in [5.74, 6) is 0.887. The van der Waals surface area contributed by atoms with Crippen molar-refractivity contribution in [3.05, 3.63) is 35.5 Å². The van der Waals surface area contributed by atoms with E-state index in [1.165, 1.54) is 0 Å². The van der Waals surface area contributed by atoms with Gasteiger partial charge in [-0.2, -0.15) is 5.10 Å². The van der Waals surface area contributed by atoms with Crippen molar-refractivity contribution in [2.45, 2.75) is 33.4 Å². The van der Waals surface area contributed by atoms with Gasteiger partial charge in [0.25, 0.3) is 0 Å². The van der Waals surface area contributed by atoms with Crippen molar-refractivity contribution in [1.29, 1.82) is 0 Å². The molecule has 102 valence electrons. The van der Waals surface area contributed by atoms with Gasteiger partial charge in [0.1, 0.15) is 5.75 Å². The lowest BCUT2D eigenvalue weighted by Gasteiger charge is -2.10. The number of benzene rings is 1. The molecule has 0 atom stereocenters. The van der Waals surface area contributed by atoms with E-state index in [0.717, 1.165) is 28.3 Å². The second-order valence-electron chi connectivity index (χ2n) is 4.94. The molecule has 0 aliphatic heterocycles. The quantitative estimate of drug-likeness (QED) is 0.918. The molecule has 0 bridgehead atoms. The summed E-state index contributed by atoms with van der Waals surface area (Å²) in [6.45, 7) is 6.57. The SMILES string of the molecule is Cc1c(CN)nn(C)c1-c1ccc(OC(C)C)cc1. The van der Waals surface area contributed by atoms with Crippen molar-refractivity contribution in [2.24, 2.45) is 12.8 Å².